The van der Waals surface area contributed by atoms with Crippen molar-refractivity contribution in [1.82, 2.24) is 0 Å². The van der Waals surface area contributed by atoms with Gasteiger partial charge >= 0.3 is 0 Å². The van der Waals surface area contributed by atoms with Crippen LogP contribution in [0, 0.1) is 5.82 Å². The average Bonchev–Trinajstić information content (AvgIpc) is 2.17. The number of benzene rings is 1. The van der Waals surface area contributed by atoms with Crippen molar-refractivity contribution >= 4 is 0 Å². The molecule has 14 heavy (non-hydrogen) atoms. The molecule has 0 aromatic heterocycles. The minimum Gasteiger partial charge on any atom is -0.393 e. The molecule has 2 nitrogen and oxygen atoms in total. The van der Waals surface area contributed by atoms with Gasteiger partial charge in [0.05, 0.1) is 12.2 Å². The highest BCUT2D eigenvalue weighted by molar-refractivity contribution is 5.32. The van der Waals surface area contributed by atoms with E-state index in [1.165, 1.54) is 12.1 Å². The zero-order valence-electron chi connectivity index (χ0n) is 7.83. The summed E-state index contributed by atoms with van der Waals surface area (Å²) in [6.45, 7) is -0.261. The van der Waals surface area contributed by atoms with Gasteiger partial charge in [0, 0.05) is 6.42 Å². The maximum atomic E-state index is 12.9. The van der Waals surface area contributed by atoms with Gasteiger partial charge < -0.3 is 10.2 Å². The van der Waals surface area contributed by atoms with E-state index in [9.17, 15) is 9.50 Å². The Hall–Kier alpha value is -0.930. The third-order valence-electron chi connectivity index (χ3n) is 2.84. The summed E-state index contributed by atoms with van der Waals surface area (Å²) < 4.78 is 12.9. The minimum atomic E-state index is -1.05. The van der Waals surface area contributed by atoms with Gasteiger partial charge in [0.25, 0.3) is 0 Å². The zero-order valence-corrected chi connectivity index (χ0v) is 7.83. The molecule has 3 heteroatoms. The first kappa shape index (κ1) is 9.62. The molecule has 2 N–H and O–H groups in total. The van der Waals surface area contributed by atoms with Crippen LogP contribution in [0.5, 0.6) is 0 Å². The third kappa shape index (κ3) is 1.65. The number of hydrogen-bond acceptors (Lipinski definition) is 2. The van der Waals surface area contributed by atoms with Crippen molar-refractivity contribution in [3.05, 3.63) is 35.1 Å². The van der Waals surface area contributed by atoms with Gasteiger partial charge in [-0.3, -0.25) is 0 Å². The second-order valence-corrected chi connectivity index (χ2v) is 3.97. The largest absolute Gasteiger partial charge is 0.393 e. The molecule has 0 saturated heterocycles. The Labute approximate surface area is 82.0 Å². The lowest BCUT2D eigenvalue weighted by atomic mass is 9.81. The molecule has 1 aromatic rings. The van der Waals surface area contributed by atoms with Crippen LogP contribution < -0.4 is 0 Å². The van der Waals surface area contributed by atoms with Crippen LogP contribution in [0.15, 0.2) is 18.2 Å². The van der Waals surface area contributed by atoms with E-state index >= 15 is 0 Å². The predicted octanol–water partition coefficient (Wildman–Crippen LogP) is 1.04. The second kappa shape index (κ2) is 3.33. The molecule has 2 rings (SSSR count). The first-order valence-electron chi connectivity index (χ1n) is 4.73. The maximum absolute atomic E-state index is 12.9. The van der Waals surface area contributed by atoms with Gasteiger partial charge in [-0.15, -0.1) is 0 Å². The number of rotatable bonds is 1. The lowest BCUT2D eigenvalue weighted by Gasteiger charge is -2.31. The third-order valence-corrected chi connectivity index (χ3v) is 2.84. The summed E-state index contributed by atoms with van der Waals surface area (Å²) in [5, 5.41) is 18.8. The van der Waals surface area contributed by atoms with Crippen LogP contribution in [0.2, 0.25) is 0 Å². The summed E-state index contributed by atoms with van der Waals surface area (Å²) in [7, 11) is 0. The fraction of sp³-hybridized carbons (Fsp3) is 0.455. The quantitative estimate of drug-likeness (QED) is 0.704. The van der Waals surface area contributed by atoms with Crippen LogP contribution in [0.3, 0.4) is 0 Å². The average molecular weight is 196 g/mol. The Bertz CT molecular complexity index is 351. The highest BCUT2D eigenvalue weighted by atomic mass is 19.1. The van der Waals surface area contributed by atoms with Gasteiger partial charge in [0.1, 0.15) is 5.82 Å². The van der Waals surface area contributed by atoms with Crippen molar-refractivity contribution < 1.29 is 14.6 Å². The summed E-state index contributed by atoms with van der Waals surface area (Å²) in [6, 6.07) is 4.62. The van der Waals surface area contributed by atoms with E-state index < -0.39 is 5.60 Å². The molecule has 76 valence electrons. The number of fused-ring (bicyclic) bond motifs is 1. The zero-order chi connectivity index (χ0) is 10.2. The van der Waals surface area contributed by atoms with Crippen LogP contribution >= 0.6 is 0 Å². The van der Waals surface area contributed by atoms with E-state index in [-0.39, 0.29) is 12.4 Å². The predicted molar refractivity (Wildman–Crippen MR) is 50.5 cm³/mol. The molecule has 0 saturated carbocycles. The molecule has 0 spiro atoms. The van der Waals surface area contributed by atoms with E-state index in [1.54, 1.807) is 6.07 Å². The molecule has 0 heterocycles. The van der Waals surface area contributed by atoms with Gasteiger partial charge in [-0.25, -0.2) is 4.39 Å². The number of hydrogen-bond donors (Lipinski definition) is 2. The van der Waals surface area contributed by atoms with Crippen LogP contribution in [-0.4, -0.2) is 22.4 Å². The summed E-state index contributed by atoms with van der Waals surface area (Å²) in [6.07, 6.45) is 1.59. The van der Waals surface area contributed by atoms with E-state index in [1.807, 2.05) is 0 Å². The monoisotopic (exact) mass is 196 g/mol. The van der Waals surface area contributed by atoms with Crippen molar-refractivity contribution in [2.75, 3.05) is 6.61 Å². The molecule has 0 aliphatic heterocycles. The van der Waals surface area contributed by atoms with E-state index in [0.29, 0.717) is 19.3 Å². The van der Waals surface area contributed by atoms with E-state index in [0.717, 1.165) is 11.1 Å². The smallest absolute Gasteiger partial charge is 0.123 e. The standard InChI is InChI=1S/C11H13FO2/c12-10-2-1-8-3-4-11(14,7-13)6-9(8)5-10/h1-2,5,13-14H,3-4,6-7H2. The highest BCUT2D eigenvalue weighted by Crippen LogP contribution is 2.28. The Morgan fingerprint density at radius 2 is 2.14 bits per heavy atom. The molecule has 1 aliphatic carbocycles. The summed E-state index contributed by atoms with van der Waals surface area (Å²) in [5.41, 5.74) is 0.832. The van der Waals surface area contributed by atoms with Crippen molar-refractivity contribution in [2.24, 2.45) is 0 Å². The number of aliphatic hydroxyl groups excluding tert-OH is 1. The normalized spacial score (nSPS) is 25.9. The lowest BCUT2D eigenvalue weighted by molar-refractivity contribution is -0.0248. The van der Waals surface area contributed by atoms with Gasteiger partial charge in [0.2, 0.25) is 0 Å². The highest BCUT2D eigenvalue weighted by Gasteiger charge is 2.31. The Balaban J connectivity index is 2.33. The Morgan fingerprint density at radius 3 is 2.86 bits per heavy atom. The molecular formula is C11H13FO2. The van der Waals surface area contributed by atoms with Gasteiger partial charge in [0.15, 0.2) is 0 Å². The van der Waals surface area contributed by atoms with Crippen LogP contribution in [0.25, 0.3) is 0 Å². The van der Waals surface area contributed by atoms with Crippen LogP contribution in [0.1, 0.15) is 17.5 Å². The molecular weight excluding hydrogens is 183 g/mol. The van der Waals surface area contributed by atoms with Crippen molar-refractivity contribution in [2.45, 2.75) is 24.9 Å². The Kier molecular flexibility index (Phi) is 2.29. The number of aryl methyl sites for hydroxylation is 1. The summed E-state index contributed by atoms with van der Waals surface area (Å²) >= 11 is 0. The van der Waals surface area contributed by atoms with Gasteiger partial charge in [-0.1, -0.05) is 6.07 Å². The van der Waals surface area contributed by atoms with Crippen LogP contribution in [-0.2, 0) is 12.8 Å². The fourth-order valence-corrected chi connectivity index (χ4v) is 1.95. The first-order chi connectivity index (χ1) is 6.63. The molecule has 1 aromatic carbocycles. The molecule has 0 fully saturated rings. The fourth-order valence-electron chi connectivity index (χ4n) is 1.95. The summed E-state index contributed by atoms with van der Waals surface area (Å²) in [4.78, 5) is 0. The van der Waals surface area contributed by atoms with Crippen molar-refractivity contribution in [1.29, 1.82) is 0 Å². The Morgan fingerprint density at radius 1 is 1.36 bits per heavy atom. The summed E-state index contributed by atoms with van der Waals surface area (Å²) in [5.74, 6) is -0.286. The van der Waals surface area contributed by atoms with Crippen molar-refractivity contribution in [3.63, 3.8) is 0 Å². The second-order valence-electron chi connectivity index (χ2n) is 3.97. The number of halogens is 1. The topological polar surface area (TPSA) is 40.5 Å². The number of aliphatic hydroxyl groups is 2. The lowest BCUT2D eigenvalue weighted by Crippen LogP contribution is -2.39. The van der Waals surface area contributed by atoms with Crippen LogP contribution in [0.4, 0.5) is 4.39 Å². The maximum Gasteiger partial charge on any atom is 0.123 e. The molecule has 1 atom stereocenters. The SMILES string of the molecule is OCC1(O)CCc2ccc(F)cc2C1. The van der Waals surface area contributed by atoms with E-state index in [4.69, 9.17) is 5.11 Å². The molecule has 0 amide bonds. The van der Waals surface area contributed by atoms with Crippen molar-refractivity contribution in [3.8, 4) is 0 Å². The first-order valence-corrected chi connectivity index (χ1v) is 4.73. The van der Waals surface area contributed by atoms with Gasteiger partial charge in [-0.2, -0.15) is 0 Å². The molecule has 1 aliphatic rings. The van der Waals surface area contributed by atoms with Gasteiger partial charge in [-0.05, 0) is 36.1 Å². The molecule has 0 radical (unpaired) electrons. The molecule has 1 unspecified atom stereocenters. The van der Waals surface area contributed by atoms with E-state index in [2.05, 4.69) is 0 Å². The molecule has 0 bridgehead atoms. The minimum absolute atomic E-state index is 0.261.